The van der Waals surface area contributed by atoms with Crippen LogP contribution in [0.2, 0.25) is 0 Å². The van der Waals surface area contributed by atoms with Gasteiger partial charge in [0.15, 0.2) is 18.1 Å². The van der Waals surface area contributed by atoms with E-state index in [4.69, 9.17) is 14.2 Å². The van der Waals surface area contributed by atoms with E-state index in [1.807, 2.05) is 51.1 Å². The lowest BCUT2D eigenvalue weighted by atomic mass is 10.1. The van der Waals surface area contributed by atoms with Crippen LogP contribution in [0.15, 0.2) is 65.8 Å². The number of hydrazone groups is 1. The van der Waals surface area contributed by atoms with Crippen molar-refractivity contribution in [2.45, 2.75) is 20.8 Å². The van der Waals surface area contributed by atoms with E-state index in [9.17, 15) is 9.59 Å². The molecule has 1 N–H and O–H groups in total. The Kier molecular flexibility index (Phi) is 7.81. The molecule has 170 valence electrons. The zero-order valence-corrected chi connectivity index (χ0v) is 19.0. The van der Waals surface area contributed by atoms with Crippen LogP contribution >= 0.6 is 0 Å². The average Bonchev–Trinajstić information content (AvgIpc) is 2.79. The van der Waals surface area contributed by atoms with Gasteiger partial charge in [0.1, 0.15) is 5.75 Å². The highest BCUT2D eigenvalue weighted by molar-refractivity contribution is 5.91. The van der Waals surface area contributed by atoms with E-state index in [2.05, 4.69) is 10.5 Å². The molecule has 33 heavy (non-hydrogen) atoms. The van der Waals surface area contributed by atoms with Crippen LogP contribution in [0.4, 0.5) is 0 Å². The second kappa shape index (κ2) is 10.9. The van der Waals surface area contributed by atoms with Crippen molar-refractivity contribution < 1.29 is 23.8 Å². The summed E-state index contributed by atoms with van der Waals surface area (Å²) in [5.74, 6) is 0.433. The fraction of sp³-hybridized carbons (Fsp3) is 0.192. The van der Waals surface area contributed by atoms with Crippen molar-refractivity contribution in [3.05, 3.63) is 88.5 Å². The molecule has 1 amide bonds. The summed E-state index contributed by atoms with van der Waals surface area (Å²) in [5.41, 5.74) is 6.65. The molecule has 0 spiro atoms. The van der Waals surface area contributed by atoms with Gasteiger partial charge in [-0.3, -0.25) is 4.79 Å². The van der Waals surface area contributed by atoms with E-state index < -0.39 is 5.97 Å². The molecule has 0 heterocycles. The Morgan fingerprint density at radius 1 is 0.879 bits per heavy atom. The average molecular weight is 447 g/mol. The lowest BCUT2D eigenvalue weighted by Gasteiger charge is -2.10. The van der Waals surface area contributed by atoms with Crippen molar-refractivity contribution in [3.8, 4) is 17.2 Å². The van der Waals surface area contributed by atoms with Crippen molar-refractivity contribution in [3.63, 3.8) is 0 Å². The van der Waals surface area contributed by atoms with Crippen LogP contribution in [0.1, 0.15) is 32.6 Å². The SMILES string of the molecule is COc1cc(/C=N\NC(=O)COc2ccc(C)cc2C)ccc1OC(=O)c1ccc(C)cc1. The van der Waals surface area contributed by atoms with Crippen molar-refractivity contribution in [1.82, 2.24) is 5.43 Å². The molecule has 0 radical (unpaired) electrons. The van der Waals surface area contributed by atoms with Crippen molar-refractivity contribution in [2.75, 3.05) is 13.7 Å². The molecule has 7 nitrogen and oxygen atoms in total. The lowest BCUT2D eigenvalue weighted by molar-refractivity contribution is -0.123. The van der Waals surface area contributed by atoms with E-state index in [-0.39, 0.29) is 18.3 Å². The van der Waals surface area contributed by atoms with Gasteiger partial charge in [0.25, 0.3) is 5.91 Å². The Morgan fingerprint density at radius 2 is 1.58 bits per heavy atom. The van der Waals surface area contributed by atoms with E-state index in [1.165, 1.54) is 13.3 Å². The predicted octanol–water partition coefficient (Wildman–Crippen LogP) is 4.37. The highest BCUT2D eigenvalue weighted by Crippen LogP contribution is 2.28. The molecule has 0 aliphatic carbocycles. The first kappa shape index (κ1) is 23.5. The summed E-state index contributed by atoms with van der Waals surface area (Å²) in [7, 11) is 1.48. The maximum Gasteiger partial charge on any atom is 0.343 e. The summed E-state index contributed by atoms with van der Waals surface area (Å²) >= 11 is 0. The van der Waals surface area contributed by atoms with Crippen LogP contribution in [0.25, 0.3) is 0 Å². The van der Waals surface area contributed by atoms with Gasteiger partial charge < -0.3 is 14.2 Å². The standard InChI is InChI=1S/C26H26N2O5/c1-17-5-9-21(10-6-17)26(30)33-23-12-8-20(14-24(23)31-4)15-27-28-25(29)16-32-22-11-7-18(2)13-19(22)3/h5-15H,16H2,1-4H3,(H,28,29)/b27-15-. The summed E-state index contributed by atoms with van der Waals surface area (Å²) in [5, 5.41) is 3.94. The number of carbonyl (C=O) groups excluding carboxylic acids is 2. The third-order valence-corrected chi connectivity index (χ3v) is 4.77. The summed E-state index contributed by atoms with van der Waals surface area (Å²) in [6.07, 6.45) is 1.46. The van der Waals surface area contributed by atoms with Crippen LogP contribution in [-0.4, -0.2) is 31.8 Å². The third kappa shape index (κ3) is 6.67. The topological polar surface area (TPSA) is 86.2 Å². The smallest absolute Gasteiger partial charge is 0.343 e. The molecule has 7 heteroatoms. The largest absolute Gasteiger partial charge is 0.493 e. The first-order valence-corrected chi connectivity index (χ1v) is 10.3. The monoisotopic (exact) mass is 446 g/mol. The van der Waals surface area contributed by atoms with Gasteiger partial charge in [0.05, 0.1) is 18.9 Å². The van der Waals surface area contributed by atoms with Gasteiger partial charge in [-0.05, 0) is 68.3 Å². The van der Waals surface area contributed by atoms with Gasteiger partial charge in [-0.25, -0.2) is 10.2 Å². The molecule has 0 unspecified atom stereocenters. The minimum atomic E-state index is -0.481. The number of methoxy groups -OCH3 is 1. The molecular formula is C26H26N2O5. The Morgan fingerprint density at radius 3 is 2.27 bits per heavy atom. The summed E-state index contributed by atoms with van der Waals surface area (Å²) in [6, 6.07) is 17.8. The van der Waals surface area contributed by atoms with Crippen LogP contribution in [0.3, 0.4) is 0 Å². The number of hydrogen-bond donors (Lipinski definition) is 1. The molecule has 0 fully saturated rings. The van der Waals surface area contributed by atoms with Gasteiger partial charge in [-0.1, -0.05) is 35.4 Å². The molecule has 0 bridgehead atoms. The Labute approximate surface area is 193 Å². The Hall–Kier alpha value is -4.13. The minimum Gasteiger partial charge on any atom is -0.493 e. The summed E-state index contributed by atoms with van der Waals surface area (Å²) in [4.78, 5) is 24.4. The Balaban J connectivity index is 1.56. The minimum absolute atomic E-state index is 0.154. The Bertz CT molecular complexity index is 1170. The van der Waals surface area contributed by atoms with E-state index >= 15 is 0 Å². The summed E-state index contributed by atoms with van der Waals surface area (Å²) < 4.78 is 16.3. The normalized spacial score (nSPS) is 10.7. The van der Waals surface area contributed by atoms with Gasteiger partial charge in [0.2, 0.25) is 0 Å². The fourth-order valence-corrected chi connectivity index (χ4v) is 3.01. The van der Waals surface area contributed by atoms with Gasteiger partial charge in [-0.2, -0.15) is 5.10 Å². The molecule has 0 aliphatic rings. The van der Waals surface area contributed by atoms with Crippen molar-refractivity contribution in [2.24, 2.45) is 5.10 Å². The maximum absolute atomic E-state index is 12.4. The number of benzene rings is 3. The highest BCUT2D eigenvalue weighted by Gasteiger charge is 2.13. The number of rotatable bonds is 8. The number of amides is 1. The molecular weight excluding hydrogens is 420 g/mol. The molecule has 0 saturated heterocycles. The first-order valence-electron chi connectivity index (χ1n) is 10.3. The molecule has 3 aromatic rings. The van der Waals surface area contributed by atoms with Crippen molar-refractivity contribution in [1.29, 1.82) is 0 Å². The molecule has 3 aromatic carbocycles. The lowest BCUT2D eigenvalue weighted by Crippen LogP contribution is -2.24. The molecule has 0 aliphatic heterocycles. The van der Waals surface area contributed by atoms with E-state index in [0.29, 0.717) is 22.6 Å². The van der Waals surface area contributed by atoms with Gasteiger partial charge in [-0.15, -0.1) is 0 Å². The summed E-state index contributed by atoms with van der Waals surface area (Å²) in [6.45, 7) is 5.71. The maximum atomic E-state index is 12.4. The number of ether oxygens (including phenoxy) is 3. The number of carbonyl (C=O) groups is 2. The first-order chi connectivity index (χ1) is 15.9. The number of aryl methyl sites for hydroxylation is 3. The number of nitrogens with one attached hydrogen (secondary N) is 1. The second-order valence-electron chi connectivity index (χ2n) is 7.52. The number of nitrogens with zero attached hydrogens (tertiary/aromatic N) is 1. The molecule has 3 rings (SSSR count). The molecule has 0 saturated carbocycles. The second-order valence-corrected chi connectivity index (χ2v) is 7.52. The van der Waals surface area contributed by atoms with E-state index in [1.54, 1.807) is 30.3 Å². The molecule has 0 atom stereocenters. The van der Waals surface area contributed by atoms with Crippen LogP contribution < -0.4 is 19.6 Å². The van der Waals surface area contributed by atoms with E-state index in [0.717, 1.165) is 16.7 Å². The number of hydrogen-bond acceptors (Lipinski definition) is 6. The zero-order valence-electron chi connectivity index (χ0n) is 19.0. The van der Waals surface area contributed by atoms with Gasteiger partial charge >= 0.3 is 5.97 Å². The third-order valence-electron chi connectivity index (χ3n) is 4.77. The predicted molar refractivity (Wildman–Crippen MR) is 126 cm³/mol. The van der Waals surface area contributed by atoms with Gasteiger partial charge in [0, 0.05) is 0 Å². The highest BCUT2D eigenvalue weighted by atomic mass is 16.6. The van der Waals surface area contributed by atoms with Crippen molar-refractivity contribution >= 4 is 18.1 Å². The van der Waals surface area contributed by atoms with Crippen LogP contribution in [0.5, 0.6) is 17.2 Å². The fourth-order valence-electron chi connectivity index (χ4n) is 3.01. The van der Waals surface area contributed by atoms with Crippen LogP contribution in [0, 0.1) is 20.8 Å². The zero-order chi connectivity index (χ0) is 23.8. The van der Waals surface area contributed by atoms with Crippen LogP contribution in [-0.2, 0) is 4.79 Å². The quantitative estimate of drug-likeness (QED) is 0.240. The number of esters is 1. The molecule has 0 aromatic heterocycles.